The van der Waals surface area contributed by atoms with Gasteiger partial charge in [0.05, 0.1) is 12.5 Å². The molecule has 6 aromatic carbocycles. The molecule has 0 aliphatic heterocycles. The second-order valence-electron chi connectivity index (χ2n) is 14.0. The Morgan fingerprint density at radius 1 is 0.407 bits per heavy atom. The van der Waals surface area contributed by atoms with Crippen LogP contribution < -0.4 is 31.8 Å². The first kappa shape index (κ1) is 39.2. The topological polar surface area (TPSA) is 43.4 Å². The van der Waals surface area contributed by atoms with Crippen molar-refractivity contribution < 1.29 is 14.3 Å². The fourth-order valence-corrected chi connectivity index (χ4v) is 11.8. The van der Waals surface area contributed by atoms with Crippen LogP contribution in [-0.4, -0.2) is 11.9 Å². The molecule has 0 spiro atoms. The minimum Gasteiger partial charge on any atom is -0.471 e. The van der Waals surface area contributed by atoms with Gasteiger partial charge in [-0.1, -0.05) is 194 Å². The van der Waals surface area contributed by atoms with Crippen molar-refractivity contribution in [3.8, 4) is 0 Å². The maximum Gasteiger partial charge on any atom is 0.128 e. The Morgan fingerprint density at radius 2 is 0.712 bits per heavy atom. The fraction of sp³-hybridized carbons (Fsp3) is 0.0370. The van der Waals surface area contributed by atoms with E-state index in [1.807, 2.05) is 48.3 Å². The van der Waals surface area contributed by atoms with Crippen LogP contribution in [-0.2, 0) is 14.3 Å². The van der Waals surface area contributed by atoms with Gasteiger partial charge in [0.1, 0.15) is 11.9 Å². The summed E-state index contributed by atoms with van der Waals surface area (Å²) in [6.07, 6.45) is 16.2. The zero-order valence-corrected chi connectivity index (χ0v) is 34.1. The second-order valence-corrected chi connectivity index (χ2v) is 18.4. The van der Waals surface area contributed by atoms with Gasteiger partial charge in [-0.25, -0.2) is 9.59 Å². The van der Waals surface area contributed by atoms with Crippen molar-refractivity contribution in [1.82, 2.24) is 0 Å². The third-order valence-corrected chi connectivity index (χ3v) is 15.1. The molecule has 0 fully saturated rings. The summed E-state index contributed by atoms with van der Waals surface area (Å²) in [6.45, 7) is 0. The summed E-state index contributed by atoms with van der Waals surface area (Å²) in [5.74, 6) is 4.09. The Bertz CT molecular complexity index is 2430. The molecule has 0 atom stereocenters. The van der Waals surface area contributed by atoms with E-state index in [-0.39, 0.29) is 0 Å². The van der Waals surface area contributed by atoms with Gasteiger partial charge in [0.15, 0.2) is 0 Å². The maximum absolute atomic E-state index is 11.5. The molecule has 0 aromatic heterocycles. The smallest absolute Gasteiger partial charge is 0.128 e. The van der Waals surface area contributed by atoms with Gasteiger partial charge in [0, 0.05) is 35.1 Å². The van der Waals surface area contributed by atoms with E-state index in [1.54, 1.807) is 12.5 Å². The van der Waals surface area contributed by atoms with E-state index in [2.05, 4.69) is 170 Å². The highest BCUT2D eigenvalue weighted by Crippen LogP contribution is 2.36. The zero-order chi connectivity index (χ0) is 40.2. The van der Waals surface area contributed by atoms with Crippen LogP contribution in [0.4, 0.5) is 0 Å². The average Bonchev–Trinajstić information content (AvgIpc) is 3.31. The summed E-state index contributed by atoms with van der Waals surface area (Å²) in [5.41, 5.74) is 6.89. The van der Waals surface area contributed by atoms with Gasteiger partial charge in [0.2, 0.25) is 0 Å². The van der Waals surface area contributed by atoms with Crippen molar-refractivity contribution in [2.24, 2.45) is 0 Å². The standard InChI is InChI=1S/C54H40O3P2/c55-37-41-21-25-43(26-22-41)53(45-29-33-51(34-30-45)58(47-13-5-1-6-14-47)48-15-7-2-8-16-48)39-57-40-54(44-27-23-42(38-56)24-28-44)46-31-35-52(36-32-46)59(49-17-9-3-10-18-49)50-19-11-4-12-20-50/h1-21,23,25-36,39-40H,22,24H2. The Balaban J connectivity index is 1.16. The lowest BCUT2D eigenvalue weighted by Gasteiger charge is -2.20. The summed E-state index contributed by atoms with van der Waals surface area (Å²) in [7, 11) is -1.53. The monoisotopic (exact) mass is 798 g/mol. The molecular weight excluding hydrogens is 759 g/mol. The number of ether oxygens (including phenoxy) is 1. The summed E-state index contributed by atoms with van der Waals surface area (Å²) >= 11 is 0. The van der Waals surface area contributed by atoms with Gasteiger partial charge >= 0.3 is 0 Å². The Morgan fingerprint density at radius 3 is 0.983 bits per heavy atom. The van der Waals surface area contributed by atoms with Crippen LogP contribution in [0.2, 0.25) is 0 Å². The molecule has 0 saturated carbocycles. The Hall–Kier alpha value is -6.68. The molecule has 0 saturated heterocycles. The highest BCUT2D eigenvalue weighted by Gasteiger charge is 2.19. The SMILES string of the molecule is O=C=C1C=CC(C(=COC=C(C2=CCC(=C=O)C=C2)c2ccc(P(c3ccccc3)c3ccccc3)cc2)c2ccc(P(c3ccccc3)c3ccccc3)cc2)=CC1. The average molecular weight is 799 g/mol. The number of hydrogen-bond acceptors (Lipinski definition) is 3. The lowest BCUT2D eigenvalue weighted by atomic mass is 9.93. The Labute approximate surface area is 348 Å². The molecule has 59 heavy (non-hydrogen) atoms. The Kier molecular flexibility index (Phi) is 12.7. The van der Waals surface area contributed by atoms with Gasteiger partial charge in [-0.2, -0.15) is 0 Å². The van der Waals surface area contributed by atoms with Crippen LogP contribution in [0.25, 0.3) is 11.1 Å². The van der Waals surface area contributed by atoms with Crippen molar-refractivity contribution in [2.45, 2.75) is 12.8 Å². The van der Waals surface area contributed by atoms with Crippen LogP contribution >= 0.6 is 15.8 Å². The number of benzene rings is 6. The number of rotatable bonds is 12. The van der Waals surface area contributed by atoms with Crippen LogP contribution in [0.3, 0.4) is 0 Å². The third-order valence-electron chi connectivity index (χ3n) is 10.2. The second kappa shape index (κ2) is 19.2. The van der Waals surface area contributed by atoms with Crippen molar-refractivity contribution in [2.75, 3.05) is 0 Å². The molecule has 3 nitrogen and oxygen atoms in total. The summed E-state index contributed by atoms with van der Waals surface area (Å²) in [5, 5.41) is 7.64. The van der Waals surface area contributed by atoms with E-state index < -0.39 is 15.8 Å². The first-order valence-electron chi connectivity index (χ1n) is 19.5. The van der Waals surface area contributed by atoms with Crippen molar-refractivity contribution in [1.29, 1.82) is 0 Å². The highest BCUT2D eigenvalue weighted by molar-refractivity contribution is 7.80. The maximum atomic E-state index is 11.5. The van der Waals surface area contributed by atoms with Gasteiger partial charge in [-0.15, -0.1) is 0 Å². The van der Waals surface area contributed by atoms with Crippen LogP contribution in [0.1, 0.15) is 24.0 Å². The summed E-state index contributed by atoms with van der Waals surface area (Å²) in [4.78, 5) is 23.0. The number of carbonyl (C=O) groups excluding carboxylic acids is 2. The first-order chi connectivity index (χ1) is 29.2. The number of hydrogen-bond donors (Lipinski definition) is 0. The molecule has 0 N–H and O–H groups in total. The van der Waals surface area contributed by atoms with E-state index in [0.29, 0.717) is 24.0 Å². The highest BCUT2D eigenvalue weighted by atomic mass is 31.1. The third kappa shape index (κ3) is 9.39. The molecule has 2 aliphatic rings. The molecule has 0 radical (unpaired) electrons. The van der Waals surface area contributed by atoms with E-state index in [4.69, 9.17) is 4.74 Å². The van der Waals surface area contributed by atoms with Crippen LogP contribution in [0, 0.1) is 0 Å². The van der Waals surface area contributed by atoms with E-state index in [9.17, 15) is 9.59 Å². The van der Waals surface area contributed by atoms with Gasteiger partial charge in [-0.3, -0.25) is 0 Å². The molecule has 0 heterocycles. The van der Waals surface area contributed by atoms with Crippen LogP contribution in [0.15, 0.2) is 241 Å². The fourth-order valence-electron chi connectivity index (χ4n) is 7.20. The quantitative estimate of drug-likeness (QED) is 0.0704. The van der Waals surface area contributed by atoms with Gasteiger partial charge < -0.3 is 4.74 Å². The minimum absolute atomic E-state index is 0.490. The molecule has 5 heteroatoms. The molecule has 0 amide bonds. The molecule has 0 unspecified atom stereocenters. The van der Waals surface area contributed by atoms with Gasteiger partial charge in [0.25, 0.3) is 0 Å². The lowest BCUT2D eigenvalue weighted by molar-refractivity contribution is 0.407. The predicted octanol–water partition coefficient (Wildman–Crippen LogP) is 9.89. The molecule has 284 valence electrons. The van der Waals surface area contributed by atoms with E-state index >= 15 is 0 Å². The van der Waals surface area contributed by atoms with Crippen molar-refractivity contribution >= 4 is 70.7 Å². The number of allylic oxidation sites excluding steroid dienone is 12. The van der Waals surface area contributed by atoms with Crippen LogP contribution in [0.5, 0.6) is 0 Å². The van der Waals surface area contributed by atoms with E-state index in [0.717, 1.165) is 33.4 Å². The van der Waals surface area contributed by atoms with Crippen molar-refractivity contribution in [3.63, 3.8) is 0 Å². The summed E-state index contributed by atoms with van der Waals surface area (Å²) in [6, 6.07) is 60.2. The lowest BCUT2D eigenvalue weighted by Crippen LogP contribution is -2.20. The van der Waals surface area contributed by atoms with Gasteiger partial charge in [-0.05, 0) is 82.1 Å². The molecule has 8 rings (SSSR count). The molecule has 2 aliphatic carbocycles. The van der Waals surface area contributed by atoms with Crippen molar-refractivity contribution in [3.05, 3.63) is 252 Å². The minimum atomic E-state index is -0.764. The first-order valence-corrected chi connectivity index (χ1v) is 22.2. The summed E-state index contributed by atoms with van der Waals surface area (Å²) < 4.78 is 6.48. The molecular formula is C54H40O3P2. The normalized spacial score (nSPS) is 14.1. The van der Waals surface area contributed by atoms with E-state index in [1.165, 1.54) is 31.8 Å². The largest absolute Gasteiger partial charge is 0.471 e. The molecule has 6 aromatic rings. The molecule has 0 bridgehead atoms. The predicted molar refractivity (Wildman–Crippen MR) is 249 cm³/mol. The zero-order valence-electron chi connectivity index (χ0n) is 32.3.